The number of rotatable bonds is 8. The molecule has 1 N–H and O–H groups in total. The van der Waals surface area contributed by atoms with Crippen LogP contribution in [0.25, 0.3) is 0 Å². The second-order valence-electron chi connectivity index (χ2n) is 5.40. The summed E-state index contributed by atoms with van der Waals surface area (Å²) in [4.78, 5) is 11.9. The molecule has 0 bridgehead atoms. The fourth-order valence-corrected chi connectivity index (χ4v) is 5.40. The Hall–Kier alpha value is -0.430. The van der Waals surface area contributed by atoms with Crippen molar-refractivity contribution in [2.24, 2.45) is 11.0 Å². The molecule has 0 spiro atoms. The maximum atomic E-state index is 13.2. The van der Waals surface area contributed by atoms with Crippen LogP contribution in [0.4, 0.5) is 0 Å². The Kier molecular flexibility index (Phi) is 7.52. The highest BCUT2D eigenvalue weighted by Crippen LogP contribution is 2.57. The van der Waals surface area contributed by atoms with Crippen molar-refractivity contribution in [3.8, 4) is 0 Å². The molecule has 22 heavy (non-hydrogen) atoms. The Morgan fingerprint density at radius 2 is 1.86 bits per heavy atom. The molecule has 1 rings (SSSR count). The van der Waals surface area contributed by atoms with Crippen molar-refractivity contribution in [1.82, 2.24) is 5.43 Å². The van der Waals surface area contributed by atoms with Gasteiger partial charge in [0.15, 0.2) is 11.5 Å². The summed E-state index contributed by atoms with van der Waals surface area (Å²) in [6.07, 6.45) is -0.567. The Morgan fingerprint density at radius 1 is 1.32 bits per heavy atom. The van der Waals surface area contributed by atoms with E-state index >= 15 is 0 Å². The number of carbonyl (C=O) groups is 1. The van der Waals surface area contributed by atoms with Crippen LogP contribution in [0.5, 0.6) is 0 Å². The summed E-state index contributed by atoms with van der Waals surface area (Å²) >= 11 is 3.34. The lowest BCUT2D eigenvalue weighted by molar-refractivity contribution is -0.135. The first-order chi connectivity index (χ1) is 10.2. The molecule has 0 saturated heterocycles. The number of halogens is 1. The van der Waals surface area contributed by atoms with Gasteiger partial charge in [-0.1, -0.05) is 15.9 Å². The molecule has 0 aliphatic carbocycles. The molecule has 0 fully saturated rings. The van der Waals surface area contributed by atoms with Crippen LogP contribution < -0.4 is 5.43 Å². The zero-order valence-electron chi connectivity index (χ0n) is 13.5. The molecule has 1 aliphatic rings. The van der Waals surface area contributed by atoms with Gasteiger partial charge < -0.3 is 13.8 Å². The summed E-state index contributed by atoms with van der Waals surface area (Å²) in [6, 6.07) is 0. The van der Waals surface area contributed by atoms with E-state index in [0.717, 1.165) is 0 Å². The van der Waals surface area contributed by atoms with Crippen molar-refractivity contribution >= 4 is 35.2 Å². The zero-order valence-corrected chi connectivity index (χ0v) is 16.0. The van der Waals surface area contributed by atoms with Crippen molar-refractivity contribution in [1.29, 1.82) is 0 Å². The molecule has 9 heteroatoms. The minimum absolute atomic E-state index is 0.198. The van der Waals surface area contributed by atoms with E-state index in [9.17, 15) is 9.36 Å². The lowest BCUT2D eigenvalue weighted by Gasteiger charge is -2.29. The molecule has 0 amide bonds. The molecule has 0 saturated carbocycles. The minimum Gasteiger partial charge on any atom is -0.461 e. The molecule has 128 valence electrons. The fourth-order valence-electron chi connectivity index (χ4n) is 2.05. The van der Waals surface area contributed by atoms with E-state index in [2.05, 4.69) is 26.5 Å². The van der Waals surface area contributed by atoms with Crippen LogP contribution in [0, 0.1) is 5.92 Å². The topological polar surface area (TPSA) is 86.2 Å². The average molecular weight is 399 g/mol. The summed E-state index contributed by atoms with van der Waals surface area (Å²) in [7, 11) is -3.51. The largest absolute Gasteiger partial charge is 0.461 e. The van der Waals surface area contributed by atoms with Crippen molar-refractivity contribution < 1.29 is 23.1 Å². The van der Waals surface area contributed by atoms with Crippen molar-refractivity contribution in [3.05, 3.63) is 0 Å². The molecule has 2 atom stereocenters. The third kappa shape index (κ3) is 4.78. The maximum Gasteiger partial charge on any atom is 0.355 e. The van der Waals surface area contributed by atoms with Gasteiger partial charge in [0.05, 0.1) is 24.7 Å². The Bertz CT molecular complexity index is 455. The van der Waals surface area contributed by atoms with Gasteiger partial charge in [0.1, 0.15) is 0 Å². The minimum atomic E-state index is -3.51. The highest BCUT2D eigenvalue weighted by atomic mass is 79.9. The van der Waals surface area contributed by atoms with Gasteiger partial charge >= 0.3 is 13.6 Å². The number of hydrogen-bond acceptors (Lipinski definition) is 7. The number of carbonyl (C=O) groups excluding carboxylic acids is 1. The van der Waals surface area contributed by atoms with Crippen LogP contribution in [0.15, 0.2) is 5.10 Å². The number of hydrazone groups is 1. The molecule has 1 heterocycles. The van der Waals surface area contributed by atoms with Crippen LogP contribution in [0.3, 0.4) is 0 Å². The molecular weight excluding hydrogens is 375 g/mol. The number of nitrogens with one attached hydrogen (secondary N) is 1. The third-order valence-electron chi connectivity index (χ3n) is 2.76. The first-order valence-corrected chi connectivity index (χ1v) is 10.0. The lowest BCUT2D eigenvalue weighted by Crippen LogP contribution is -2.36. The van der Waals surface area contributed by atoms with Crippen LogP contribution >= 0.6 is 23.5 Å². The van der Waals surface area contributed by atoms with Gasteiger partial charge in [-0.25, -0.2) is 4.79 Å². The second-order valence-corrected chi connectivity index (χ2v) is 8.11. The van der Waals surface area contributed by atoms with Gasteiger partial charge in [0.25, 0.3) is 0 Å². The van der Waals surface area contributed by atoms with Crippen molar-refractivity contribution in [3.63, 3.8) is 0 Å². The fraction of sp³-hybridized carbons (Fsp3) is 0.846. The molecule has 0 radical (unpaired) electrons. The molecule has 0 unspecified atom stereocenters. The number of hydrogen-bond donors (Lipinski definition) is 1. The zero-order chi connectivity index (χ0) is 16.9. The molecule has 7 nitrogen and oxygen atoms in total. The van der Waals surface area contributed by atoms with E-state index in [0.29, 0.717) is 5.33 Å². The summed E-state index contributed by atoms with van der Waals surface area (Å²) in [5.41, 5.74) is 2.94. The van der Waals surface area contributed by atoms with E-state index in [4.69, 9.17) is 13.8 Å². The summed E-state index contributed by atoms with van der Waals surface area (Å²) < 4.78 is 29.3. The maximum absolute atomic E-state index is 13.2. The highest BCUT2D eigenvalue weighted by molar-refractivity contribution is 9.09. The number of esters is 1. The normalized spacial score (nSPS) is 21.9. The summed E-state index contributed by atoms with van der Waals surface area (Å²) in [5.74, 6) is -1.71. The van der Waals surface area contributed by atoms with Gasteiger partial charge in [0, 0.05) is 5.33 Å². The van der Waals surface area contributed by atoms with Gasteiger partial charge in [-0.2, -0.15) is 5.10 Å². The first-order valence-electron chi connectivity index (χ1n) is 7.27. The van der Waals surface area contributed by atoms with Gasteiger partial charge in [-0.15, -0.1) is 0 Å². The van der Waals surface area contributed by atoms with E-state index in [1.165, 1.54) is 0 Å². The van der Waals surface area contributed by atoms with Gasteiger partial charge in [0.2, 0.25) is 0 Å². The number of nitrogens with zero attached hydrogens (tertiary/aromatic N) is 1. The van der Waals surface area contributed by atoms with Crippen LogP contribution in [-0.4, -0.2) is 41.6 Å². The molecule has 1 aliphatic heterocycles. The molecule has 0 aromatic rings. The average Bonchev–Trinajstić information content (AvgIpc) is 2.81. The van der Waals surface area contributed by atoms with Gasteiger partial charge in [-0.05, 0) is 34.6 Å². The SMILES string of the molecule is CCOC(=O)C1=NN[C@H](P(=O)(OC(C)C)OC(C)C)[C@H]1CBr. The molecular formula is C13H24BrN2O5P. The summed E-state index contributed by atoms with van der Waals surface area (Å²) in [5, 5.41) is 4.38. The van der Waals surface area contributed by atoms with Crippen LogP contribution in [0.1, 0.15) is 34.6 Å². The summed E-state index contributed by atoms with van der Waals surface area (Å²) in [6.45, 7) is 9.09. The van der Waals surface area contributed by atoms with E-state index in [1.807, 2.05) is 0 Å². The first kappa shape index (κ1) is 19.6. The number of ether oxygens (including phenoxy) is 1. The third-order valence-corrected chi connectivity index (χ3v) is 6.04. The van der Waals surface area contributed by atoms with Crippen molar-refractivity contribution in [2.45, 2.75) is 52.6 Å². The van der Waals surface area contributed by atoms with Crippen LogP contribution in [-0.2, 0) is 23.1 Å². The standard InChI is InChI=1S/C13H24BrN2O5P/c1-6-19-13(17)11-10(7-14)12(16-15-11)22(18,20-8(2)3)21-9(4)5/h8-10,12,16H,6-7H2,1-5H3/t10-,12+/m0/s1. The molecule has 0 aromatic heterocycles. The lowest BCUT2D eigenvalue weighted by atomic mass is 10.1. The van der Waals surface area contributed by atoms with E-state index in [1.54, 1.807) is 34.6 Å². The predicted octanol–water partition coefficient (Wildman–Crippen LogP) is 2.89. The van der Waals surface area contributed by atoms with E-state index in [-0.39, 0.29) is 24.5 Å². The quantitative estimate of drug-likeness (QED) is 0.384. The van der Waals surface area contributed by atoms with Crippen molar-refractivity contribution in [2.75, 3.05) is 11.9 Å². The molecule has 0 aromatic carbocycles. The Morgan fingerprint density at radius 3 is 2.27 bits per heavy atom. The smallest absolute Gasteiger partial charge is 0.355 e. The van der Waals surface area contributed by atoms with Gasteiger partial charge in [-0.3, -0.25) is 9.99 Å². The monoisotopic (exact) mass is 398 g/mol. The Labute approximate surface area is 139 Å². The van der Waals surface area contributed by atoms with Crippen LogP contribution in [0.2, 0.25) is 0 Å². The predicted molar refractivity (Wildman–Crippen MR) is 88.3 cm³/mol. The van der Waals surface area contributed by atoms with E-state index < -0.39 is 25.3 Å². The highest BCUT2D eigenvalue weighted by Gasteiger charge is 2.49. The second kappa shape index (κ2) is 8.43. The number of alkyl halides is 1. The Balaban J connectivity index is 3.02.